The van der Waals surface area contributed by atoms with Crippen LogP contribution in [0.2, 0.25) is 0 Å². The van der Waals surface area contributed by atoms with Crippen LogP contribution in [-0.2, 0) is 11.3 Å². The molecule has 35 heavy (non-hydrogen) atoms. The molecular weight excluding hydrogens is 440 g/mol. The zero-order valence-corrected chi connectivity index (χ0v) is 19.9. The van der Waals surface area contributed by atoms with Crippen molar-refractivity contribution >= 4 is 11.8 Å². The van der Waals surface area contributed by atoms with Crippen molar-refractivity contribution in [2.75, 3.05) is 26.2 Å². The molecule has 182 valence electrons. The molecule has 0 bridgehead atoms. The van der Waals surface area contributed by atoms with E-state index in [-0.39, 0.29) is 17.4 Å². The number of carbonyl (C=O) groups excluding carboxylic acids is 2. The minimum atomic E-state index is -0.217. The van der Waals surface area contributed by atoms with E-state index in [4.69, 9.17) is 4.42 Å². The lowest BCUT2D eigenvalue weighted by Gasteiger charge is -2.38. The first-order valence-electron chi connectivity index (χ1n) is 12.4. The number of hydrogen-bond donors (Lipinski definition) is 1. The minimum absolute atomic E-state index is 0.104. The molecule has 4 heterocycles. The minimum Gasteiger partial charge on any atom is -0.459 e. The van der Waals surface area contributed by atoms with Gasteiger partial charge in [-0.05, 0) is 68.1 Å². The van der Waals surface area contributed by atoms with E-state index in [0.717, 1.165) is 63.0 Å². The average molecular weight is 473 g/mol. The quantitative estimate of drug-likeness (QED) is 0.535. The Bertz CT molecular complexity index is 1110. The highest BCUT2D eigenvalue weighted by Gasteiger charge is 2.47. The summed E-state index contributed by atoms with van der Waals surface area (Å²) in [5, 5.41) is 3.13. The number of piperidine rings is 1. The second-order valence-corrected chi connectivity index (χ2v) is 9.66. The Kier molecular flexibility index (Phi) is 6.95. The lowest BCUT2D eigenvalue weighted by atomic mass is 9.77. The number of aromatic nitrogens is 1. The highest BCUT2D eigenvalue weighted by atomic mass is 16.3. The third-order valence-corrected chi connectivity index (χ3v) is 7.50. The van der Waals surface area contributed by atoms with Crippen LogP contribution in [0, 0.1) is 5.41 Å². The Balaban J connectivity index is 1.16. The highest BCUT2D eigenvalue weighted by Crippen LogP contribution is 2.42. The molecule has 1 atom stereocenters. The van der Waals surface area contributed by atoms with E-state index >= 15 is 0 Å². The summed E-state index contributed by atoms with van der Waals surface area (Å²) >= 11 is 0. The Labute approximate surface area is 206 Å². The largest absolute Gasteiger partial charge is 0.459 e. The zero-order valence-electron chi connectivity index (χ0n) is 19.9. The monoisotopic (exact) mass is 472 g/mol. The molecule has 0 radical (unpaired) electrons. The van der Waals surface area contributed by atoms with Crippen LogP contribution in [0.15, 0.2) is 77.7 Å². The summed E-state index contributed by atoms with van der Waals surface area (Å²) in [6.45, 7) is 4.14. The van der Waals surface area contributed by atoms with Crippen molar-refractivity contribution in [1.82, 2.24) is 20.1 Å². The van der Waals surface area contributed by atoms with Crippen LogP contribution in [0.5, 0.6) is 0 Å². The van der Waals surface area contributed by atoms with Crippen LogP contribution in [-0.4, -0.2) is 52.8 Å². The first-order chi connectivity index (χ1) is 17.1. The van der Waals surface area contributed by atoms with Gasteiger partial charge in [0, 0.05) is 32.0 Å². The van der Waals surface area contributed by atoms with Gasteiger partial charge in [0.05, 0.1) is 17.7 Å². The molecule has 1 aromatic carbocycles. The Morgan fingerprint density at radius 2 is 1.83 bits per heavy atom. The fourth-order valence-corrected chi connectivity index (χ4v) is 5.38. The smallest absolute Gasteiger partial charge is 0.287 e. The van der Waals surface area contributed by atoms with Crippen molar-refractivity contribution < 1.29 is 14.0 Å². The summed E-state index contributed by atoms with van der Waals surface area (Å²) in [4.78, 5) is 34.6. The van der Waals surface area contributed by atoms with Crippen LogP contribution >= 0.6 is 0 Å². The summed E-state index contributed by atoms with van der Waals surface area (Å²) in [5.41, 5.74) is 1.95. The van der Waals surface area contributed by atoms with Crippen molar-refractivity contribution in [2.45, 2.75) is 38.3 Å². The molecule has 0 saturated carbocycles. The maximum atomic E-state index is 13.3. The van der Waals surface area contributed by atoms with Crippen LogP contribution < -0.4 is 5.32 Å². The number of benzene rings is 1. The summed E-state index contributed by atoms with van der Waals surface area (Å²) in [5.74, 6) is 0.419. The molecular formula is C28H32N4O3. The predicted octanol–water partition coefficient (Wildman–Crippen LogP) is 4.05. The molecule has 1 spiro atoms. The fourth-order valence-electron chi connectivity index (χ4n) is 5.38. The van der Waals surface area contributed by atoms with Crippen molar-refractivity contribution in [3.8, 4) is 0 Å². The van der Waals surface area contributed by atoms with E-state index in [0.29, 0.717) is 18.2 Å². The zero-order chi connectivity index (χ0) is 24.1. The second kappa shape index (κ2) is 10.4. The molecule has 2 fully saturated rings. The van der Waals surface area contributed by atoms with Gasteiger partial charge in [0.15, 0.2) is 5.76 Å². The third kappa shape index (κ3) is 5.30. The van der Waals surface area contributed by atoms with Crippen LogP contribution in [0.1, 0.15) is 53.4 Å². The number of carbonyl (C=O) groups is 2. The standard InChI is InChI=1S/C28H32N4O3/c33-26(25-9-5-19-35-25)30-24(23-7-2-1-3-8-23)10-15-31-16-11-28(12-17-31)13-18-32(27(28)34)21-22-6-4-14-29-20-22/h1-9,14,19-20,24H,10-13,15-18,21H2,(H,30,33). The second-order valence-electron chi connectivity index (χ2n) is 9.66. The number of furan rings is 1. The molecule has 2 aromatic heterocycles. The summed E-state index contributed by atoms with van der Waals surface area (Å²) in [6, 6.07) is 17.3. The fraction of sp³-hybridized carbons (Fsp3) is 0.393. The molecule has 7 heteroatoms. The lowest BCUT2D eigenvalue weighted by molar-refractivity contribution is -0.138. The van der Waals surface area contributed by atoms with Gasteiger partial charge in [-0.25, -0.2) is 0 Å². The van der Waals surface area contributed by atoms with Gasteiger partial charge < -0.3 is 19.5 Å². The number of nitrogens with one attached hydrogen (secondary N) is 1. The molecule has 1 N–H and O–H groups in total. The Morgan fingerprint density at radius 3 is 2.54 bits per heavy atom. The van der Waals surface area contributed by atoms with Gasteiger partial charge in [0.25, 0.3) is 5.91 Å². The maximum Gasteiger partial charge on any atom is 0.287 e. The Morgan fingerprint density at radius 1 is 1.03 bits per heavy atom. The third-order valence-electron chi connectivity index (χ3n) is 7.50. The van der Waals surface area contributed by atoms with E-state index in [1.807, 2.05) is 53.6 Å². The molecule has 2 aliphatic rings. The van der Waals surface area contributed by atoms with E-state index in [9.17, 15) is 9.59 Å². The van der Waals surface area contributed by atoms with Gasteiger partial charge in [-0.15, -0.1) is 0 Å². The number of rotatable bonds is 8. The van der Waals surface area contributed by atoms with E-state index in [1.54, 1.807) is 18.3 Å². The SMILES string of the molecule is O=C(NC(CCN1CCC2(CC1)CCN(Cc1cccnc1)C2=O)c1ccccc1)c1ccco1. The van der Waals surface area contributed by atoms with Crippen LogP contribution in [0.25, 0.3) is 0 Å². The molecule has 5 rings (SSSR count). The number of pyridine rings is 1. The molecule has 2 amide bonds. The molecule has 2 saturated heterocycles. The first kappa shape index (κ1) is 23.3. The lowest BCUT2D eigenvalue weighted by Crippen LogP contribution is -2.45. The van der Waals surface area contributed by atoms with Crippen molar-refractivity contribution in [2.24, 2.45) is 5.41 Å². The molecule has 1 unspecified atom stereocenters. The van der Waals surface area contributed by atoms with E-state index < -0.39 is 0 Å². The van der Waals surface area contributed by atoms with Gasteiger partial charge in [-0.2, -0.15) is 0 Å². The first-order valence-corrected chi connectivity index (χ1v) is 12.4. The van der Waals surface area contributed by atoms with Crippen molar-refractivity contribution in [3.63, 3.8) is 0 Å². The van der Waals surface area contributed by atoms with Gasteiger partial charge in [-0.3, -0.25) is 14.6 Å². The highest BCUT2D eigenvalue weighted by molar-refractivity contribution is 5.91. The summed E-state index contributed by atoms with van der Waals surface area (Å²) in [7, 11) is 0. The normalized spacial score (nSPS) is 18.6. The summed E-state index contributed by atoms with van der Waals surface area (Å²) < 4.78 is 5.27. The van der Waals surface area contributed by atoms with Crippen LogP contribution in [0.3, 0.4) is 0 Å². The van der Waals surface area contributed by atoms with Gasteiger partial charge in [0.1, 0.15) is 0 Å². The molecule has 2 aliphatic heterocycles. The number of likely N-dealkylation sites (tertiary alicyclic amines) is 2. The molecule has 7 nitrogen and oxygen atoms in total. The van der Waals surface area contributed by atoms with Gasteiger partial charge >= 0.3 is 0 Å². The van der Waals surface area contributed by atoms with Gasteiger partial charge in [-0.1, -0.05) is 36.4 Å². The number of amides is 2. The molecule has 3 aromatic rings. The maximum absolute atomic E-state index is 13.3. The van der Waals surface area contributed by atoms with E-state index in [2.05, 4.69) is 15.2 Å². The molecule has 0 aliphatic carbocycles. The number of nitrogens with zero attached hydrogens (tertiary/aromatic N) is 3. The average Bonchev–Trinajstić information content (AvgIpc) is 3.54. The van der Waals surface area contributed by atoms with Crippen molar-refractivity contribution in [1.29, 1.82) is 0 Å². The van der Waals surface area contributed by atoms with Crippen LogP contribution in [0.4, 0.5) is 0 Å². The van der Waals surface area contributed by atoms with E-state index in [1.165, 1.54) is 6.26 Å². The Hall–Kier alpha value is -3.45. The van der Waals surface area contributed by atoms with Crippen molar-refractivity contribution in [3.05, 3.63) is 90.1 Å². The predicted molar refractivity (Wildman–Crippen MR) is 132 cm³/mol. The number of hydrogen-bond acceptors (Lipinski definition) is 5. The van der Waals surface area contributed by atoms with Gasteiger partial charge in [0.2, 0.25) is 5.91 Å². The summed E-state index contributed by atoms with van der Waals surface area (Å²) in [6.07, 6.45) is 8.63. The topological polar surface area (TPSA) is 78.7 Å².